The first-order chi connectivity index (χ1) is 34.9. The van der Waals surface area contributed by atoms with Gasteiger partial charge in [0.1, 0.15) is 0 Å². The number of ether oxygens (including phenoxy) is 2. The van der Waals surface area contributed by atoms with Gasteiger partial charge in [0.25, 0.3) is 0 Å². The number of aliphatic hydroxyl groups excluding tert-OH is 4. The first-order valence-electron chi connectivity index (χ1n) is 31.4. The molecule has 72 heavy (non-hydrogen) atoms. The van der Waals surface area contributed by atoms with Crippen molar-refractivity contribution in [1.29, 1.82) is 0 Å². The summed E-state index contributed by atoms with van der Waals surface area (Å²) in [4.78, 5) is 30.6. The van der Waals surface area contributed by atoms with E-state index in [9.17, 15) is 30.0 Å². The van der Waals surface area contributed by atoms with Gasteiger partial charge in [-0.2, -0.15) is 0 Å². The summed E-state index contributed by atoms with van der Waals surface area (Å²) in [6, 6.07) is 0. The van der Waals surface area contributed by atoms with Gasteiger partial charge in [-0.3, -0.25) is 19.4 Å². The van der Waals surface area contributed by atoms with E-state index in [-0.39, 0.29) is 49.8 Å². The summed E-state index contributed by atoms with van der Waals surface area (Å²) in [5, 5.41) is 44.1. The van der Waals surface area contributed by atoms with Crippen molar-refractivity contribution in [3.8, 4) is 0 Å². The first-order valence-corrected chi connectivity index (χ1v) is 31.4. The smallest absolute Gasteiger partial charge is 0.306 e. The van der Waals surface area contributed by atoms with Crippen LogP contribution in [0.4, 0.5) is 0 Å². The topological polar surface area (TPSA) is 140 Å². The van der Waals surface area contributed by atoms with E-state index in [1.807, 2.05) is 13.8 Å². The van der Waals surface area contributed by atoms with Crippen molar-refractivity contribution in [1.82, 2.24) is 9.80 Å². The summed E-state index contributed by atoms with van der Waals surface area (Å²) in [5.74, 6) is -0.742. The van der Waals surface area contributed by atoms with Gasteiger partial charge in [-0.1, -0.05) is 247 Å². The molecular formula is C62H124N2O8. The Labute approximate surface area is 446 Å². The standard InChI is InChI=1S/C62H124N2O8/c1-7-11-15-19-23-27-31-35-41-57(65)51-63(52-58(66)42-36-32-28-24-20-16-12-8-2)45-39-47-71-61(69)49-56(55(5)6)50-62(70)72-48-40-46-64(53-59(67)43-37-33-29-25-21-17-13-9-3)54-60(68)44-38-34-30-26-22-18-14-10-4/h55-60,65-68H,7-54H2,1-6H3. The second-order valence-corrected chi connectivity index (χ2v) is 22.7. The summed E-state index contributed by atoms with van der Waals surface area (Å²) >= 11 is 0. The maximum atomic E-state index is 13.1. The van der Waals surface area contributed by atoms with Crippen molar-refractivity contribution in [3.05, 3.63) is 0 Å². The molecule has 0 bridgehead atoms. The fourth-order valence-electron chi connectivity index (χ4n) is 10.2. The van der Waals surface area contributed by atoms with E-state index in [0.29, 0.717) is 52.1 Å². The van der Waals surface area contributed by atoms with Crippen LogP contribution < -0.4 is 0 Å². The average Bonchev–Trinajstić information content (AvgIpc) is 3.34. The fraction of sp³-hybridized carbons (Fsp3) is 0.968. The lowest BCUT2D eigenvalue weighted by atomic mass is 9.89. The molecule has 0 aliphatic carbocycles. The molecule has 0 heterocycles. The molecule has 0 radical (unpaired) electrons. The van der Waals surface area contributed by atoms with Crippen molar-refractivity contribution in [2.75, 3.05) is 52.5 Å². The van der Waals surface area contributed by atoms with Crippen LogP contribution >= 0.6 is 0 Å². The fourth-order valence-corrected chi connectivity index (χ4v) is 10.2. The number of esters is 2. The van der Waals surface area contributed by atoms with Crippen LogP contribution in [0.25, 0.3) is 0 Å². The van der Waals surface area contributed by atoms with E-state index >= 15 is 0 Å². The van der Waals surface area contributed by atoms with Crippen molar-refractivity contribution in [3.63, 3.8) is 0 Å². The lowest BCUT2D eigenvalue weighted by Gasteiger charge is -2.27. The third-order valence-corrected chi connectivity index (χ3v) is 15.0. The van der Waals surface area contributed by atoms with E-state index in [2.05, 4.69) is 37.5 Å². The predicted octanol–water partition coefficient (Wildman–Crippen LogP) is 15.1. The molecule has 0 rings (SSSR count). The van der Waals surface area contributed by atoms with Crippen LogP contribution in [0.3, 0.4) is 0 Å². The number of aliphatic hydroxyl groups is 4. The largest absolute Gasteiger partial charge is 0.466 e. The molecule has 0 amide bonds. The van der Waals surface area contributed by atoms with E-state index in [1.54, 1.807) is 0 Å². The SMILES string of the molecule is CCCCCCCCCCC(O)CN(CCCOC(=O)CC(CC(=O)OCCCN(CC(O)CCCCCCCCCC)CC(O)CCCCCCCCCC)C(C)C)CC(O)CCCCCCCCCC. The number of rotatable bonds is 57. The predicted molar refractivity (Wildman–Crippen MR) is 305 cm³/mol. The Morgan fingerprint density at radius 3 is 0.792 bits per heavy atom. The van der Waals surface area contributed by atoms with Crippen molar-refractivity contribution >= 4 is 11.9 Å². The highest BCUT2D eigenvalue weighted by atomic mass is 16.5. The third kappa shape index (κ3) is 48.3. The Bertz CT molecular complexity index is 1010. The van der Waals surface area contributed by atoms with Crippen LogP contribution in [0.1, 0.15) is 298 Å². The Morgan fingerprint density at radius 1 is 0.347 bits per heavy atom. The third-order valence-electron chi connectivity index (χ3n) is 15.0. The highest BCUT2D eigenvalue weighted by Gasteiger charge is 2.24. The van der Waals surface area contributed by atoms with Gasteiger partial charge in [0, 0.05) is 52.1 Å². The number of hydrogen-bond acceptors (Lipinski definition) is 10. The Morgan fingerprint density at radius 2 is 0.569 bits per heavy atom. The van der Waals surface area contributed by atoms with Gasteiger partial charge in [-0.15, -0.1) is 0 Å². The van der Waals surface area contributed by atoms with E-state index in [1.165, 1.54) is 154 Å². The summed E-state index contributed by atoms with van der Waals surface area (Å²) in [7, 11) is 0. The zero-order valence-electron chi connectivity index (χ0n) is 48.7. The molecule has 4 atom stereocenters. The van der Waals surface area contributed by atoms with Gasteiger partial charge in [-0.25, -0.2) is 0 Å². The monoisotopic (exact) mass is 1020 g/mol. The molecule has 0 aliphatic rings. The van der Waals surface area contributed by atoms with Crippen LogP contribution in [0.5, 0.6) is 0 Å². The number of nitrogens with zero attached hydrogens (tertiary/aromatic N) is 2. The van der Waals surface area contributed by atoms with Crippen molar-refractivity contribution in [2.24, 2.45) is 11.8 Å². The molecule has 0 spiro atoms. The molecule has 0 saturated heterocycles. The highest BCUT2D eigenvalue weighted by Crippen LogP contribution is 2.22. The summed E-state index contributed by atoms with van der Waals surface area (Å²) < 4.78 is 11.5. The number of carbonyl (C=O) groups excluding carboxylic acids is 2. The first kappa shape index (κ1) is 70.7. The highest BCUT2D eigenvalue weighted by molar-refractivity contribution is 5.73. The van der Waals surface area contributed by atoms with Gasteiger partial charge < -0.3 is 29.9 Å². The maximum absolute atomic E-state index is 13.1. The molecule has 4 N–H and O–H groups in total. The van der Waals surface area contributed by atoms with Crippen molar-refractivity contribution < 1.29 is 39.5 Å². The van der Waals surface area contributed by atoms with E-state index in [4.69, 9.17) is 9.47 Å². The number of unbranched alkanes of at least 4 members (excludes halogenated alkanes) is 28. The number of hydrogen-bond donors (Lipinski definition) is 4. The Balaban J connectivity index is 5.03. The molecular weight excluding hydrogens is 901 g/mol. The lowest BCUT2D eigenvalue weighted by Crippen LogP contribution is -2.39. The second-order valence-electron chi connectivity index (χ2n) is 22.7. The quantitative estimate of drug-likeness (QED) is 0.0344. The van der Waals surface area contributed by atoms with E-state index in [0.717, 1.165) is 77.0 Å². The molecule has 10 nitrogen and oxygen atoms in total. The minimum absolute atomic E-state index is 0.0891. The van der Waals surface area contributed by atoms with Gasteiger partial charge >= 0.3 is 11.9 Å². The van der Waals surface area contributed by atoms with Crippen LogP contribution in [0, 0.1) is 11.8 Å². The van der Waals surface area contributed by atoms with Gasteiger partial charge in [-0.05, 0) is 50.4 Å². The lowest BCUT2D eigenvalue weighted by molar-refractivity contribution is -0.148. The van der Waals surface area contributed by atoms with Crippen LogP contribution in [-0.2, 0) is 19.1 Å². The Kier molecular flexibility index (Phi) is 52.2. The molecule has 0 aromatic carbocycles. The molecule has 0 aromatic rings. The second kappa shape index (κ2) is 53.1. The van der Waals surface area contributed by atoms with Crippen LogP contribution in [0.2, 0.25) is 0 Å². The minimum Gasteiger partial charge on any atom is -0.466 e. The molecule has 0 saturated carbocycles. The van der Waals surface area contributed by atoms with Gasteiger partial charge in [0.2, 0.25) is 0 Å². The van der Waals surface area contributed by atoms with Gasteiger partial charge in [0.15, 0.2) is 0 Å². The zero-order chi connectivity index (χ0) is 53.1. The molecule has 10 heteroatoms. The molecule has 430 valence electrons. The Hall–Kier alpha value is -1.30. The van der Waals surface area contributed by atoms with Crippen LogP contribution in [0.15, 0.2) is 0 Å². The summed E-state index contributed by atoms with van der Waals surface area (Å²) in [5.41, 5.74) is 0. The van der Waals surface area contributed by atoms with Gasteiger partial charge in [0.05, 0.1) is 37.6 Å². The van der Waals surface area contributed by atoms with E-state index < -0.39 is 24.4 Å². The molecule has 0 aromatic heterocycles. The van der Waals surface area contributed by atoms with Crippen molar-refractivity contribution in [2.45, 2.75) is 323 Å². The maximum Gasteiger partial charge on any atom is 0.306 e. The molecule has 0 aliphatic heterocycles. The molecule has 0 fully saturated rings. The zero-order valence-corrected chi connectivity index (χ0v) is 48.7. The summed E-state index contributed by atoms with van der Waals surface area (Å²) in [6.45, 7) is 16.8. The van der Waals surface area contributed by atoms with Crippen LogP contribution in [-0.4, -0.2) is 119 Å². The molecule has 4 unspecified atom stereocenters. The summed E-state index contributed by atoms with van der Waals surface area (Å²) in [6.07, 6.45) is 42.1. The normalized spacial score (nSPS) is 14.1. The average molecular weight is 1030 g/mol. The minimum atomic E-state index is -0.446. The number of carbonyl (C=O) groups is 2.